The Kier molecular flexibility index (Phi) is 8.79. The smallest absolute Gasteiger partial charge is 0.338 e. The van der Waals surface area contributed by atoms with Gasteiger partial charge in [-0.15, -0.1) is 0 Å². The van der Waals surface area contributed by atoms with Gasteiger partial charge in [0.2, 0.25) is 0 Å². The Balaban J connectivity index is 1.76. The molecule has 6 nitrogen and oxygen atoms in total. The summed E-state index contributed by atoms with van der Waals surface area (Å²) in [5.41, 5.74) is 1.72. The molecule has 0 saturated heterocycles. The monoisotopic (exact) mass is 508 g/mol. The molecule has 0 fully saturated rings. The molecule has 3 aromatic rings. The molecule has 0 aliphatic heterocycles. The van der Waals surface area contributed by atoms with Crippen molar-refractivity contribution in [3.05, 3.63) is 90.5 Å². The van der Waals surface area contributed by atoms with E-state index in [4.69, 9.17) is 18.9 Å². The summed E-state index contributed by atoms with van der Waals surface area (Å²) in [6.45, 7) is 10.2. The van der Waals surface area contributed by atoms with Crippen molar-refractivity contribution in [2.24, 2.45) is 0 Å². The second-order valence-corrected chi connectivity index (χ2v) is 8.14. The Bertz CT molecular complexity index is 1360. The van der Waals surface area contributed by atoms with Crippen molar-refractivity contribution in [2.75, 3.05) is 20.3 Å². The maximum atomic E-state index is 15.0. The fraction of sp³-hybridized carbons (Fsp3) is 0.172. The highest BCUT2D eigenvalue weighted by Gasteiger charge is 2.15. The molecule has 0 unspecified atom stereocenters. The third-order valence-corrected chi connectivity index (χ3v) is 5.18. The van der Waals surface area contributed by atoms with Crippen LogP contribution in [-0.4, -0.2) is 32.3 Å². The standard InChI is InChI=1S/C29H26F2O6/c1-17(2)28(32)36-13-12-35-26-11-7-20(15-27(26)34-5)19-6-9-22(24(30)14-19)23-10-8-21(16-25(23)31)37-29(33)18(3)4/h6-11,14-16H,1,3,12-13H2,2,4-5H3. The molecule has 37 heavy (non-hydrogen) atoms. The van der Waals surface area contributed by atoms with Gasteiger partial charge in [-0.25, -0.2) is 18.4 Å². The van der Waals surface area contributed by atoms with Gasteiger partial charge in [-0.2, -0.15) is 0 Å². The molecule has 0 spiro atoms. The van der Waals surface area contributed by atoms with E-state index < -0.39 is 23.6 Å². The normalized spacial score (nSPS) is 10.4. The van der Waals surface area contributed by atoms with E-state index in [1.807, 2.05) is 0 Å². The zero-order valence-corrected chi connectivity index (χ0v) is 20.7. The van der Waals surface area contributed by atoms with E-state index in [9.17, 15) is 14.0 Å². The number of hydrogen-bond acceptors (Lipinski definition) is 6. The largest absolute Gasteiger partial charge is 0.493 e. The molecule has 0 aromatic heterocycles. The third kappa shape index (κ3) is 6.82. The van der Waals surface area contributed by atoms with E-state index in [1.165, 1.54) is 38.3 Å². The maximum absolute atomic E-state index is 15.0. The number of rotatable bonds is 10. The number of benzene rings is 3. The summed E-state index contributed by atoms with van der Waals surface area (Å²) in [4.78, 5) is 23.1. The van der Waals surface area contributed by atoms with Crippen molar-refractivity contribution in [1.82, 2.24) is 0 Å². The fourth-order valence-electron chi connectivity index (χ4n) is 3.26. The summed E-state index contributed by atoms with van der Waals surface area (Å²) < 4.78 is 50.8. The van der Waals surface area contributed by atoms with Crippen LogP contribution in [0.5, 0.6) is 17.2 Å². The van der Waals surface area contributed by atoms with Crippen molar-refractivity contribution in [2.45, 2.75) is 13.8 Å². The molecule has 3 aromatic carbocycles. The number of halogens is 2. The number of carbonyl (C=O) groups excluding carboxylic acids is 2. The lowest BCUT2D eigenvalue weighted by Gasteiger charge is -2.13. The predicted octanol–water partition coefficient (Wildman–Crippen LogP) is 6.29. The summed E-state index contributed by atoms with van der Waals surface area (Å²) in [6.07, 6.45) is 0. The zero-order chi connectivity index (χ0) is 27.1. The van der Waals surface area contributed by atoms with Crippen LogP contribution in [0.2, 0.25) is 0 Å². The minimum Gasteiger partial charge on any atom is -0.493 e. The van der Waals surface area contributed by atoms with Crippen LogP contribution in [0.1, 0.15) is 13.8 Å². The number of esters is 2. The summed E-state index contributed by atoms with van der Waals surface area (Å²) in [7, 11) is 1.47. The molecule has 0 saturated carbocycles. The molecule has 0 amide bonds. The molecular weight excluding hydrogens is 482 g/mol. The van der Waals surface area contributed by atoms with E-state index >= 15 is 4.39 Å². The van der Waals surface area contributed by atoms with Crippen LogP contribution in [0.15, 0.2) is 78.9 Å². The number of methoxy groups -OCH3 is 1. The van der Waals surface area contributed by atoms with Gasteiger partial charge in [0.1, 0.15) is 30.6 Å². The van der Waals surface area contributed by atoms with Gasteiger partial charge in [0, 0.05) is 28.3 Å². The predicted molar refractivity (Wildman–Crippen MR) is 135 cm³/mol. The van der Waals surface area contributed by atoms with E-state index in [2.05, 4.69) is 13.2 Å². The van der Waals surface area contributed by atoms with Crippen molar-refractivity contribution < 1.29 is 37.3 Å². The number of hydrogen-bond donors (Lipinski definition) is 0. The average molecular weight is 509 g/mol. The molecular formula is C29H26F2O6. The van der Waals surface area contributed by atoms with Crippen LogP contribution in [0.25, 0.3) is 22.3 Å². The summed E-state index contributed by atoms with van der Waals surface area (Å²) in [5, 5.41) is 0. The first kappa shape index (κ1) is 27.1. The van der Waals surface area contributed by atoms with E-state index in [0.717, 1.165) is 6.07 Å². The molecule has 0 N–H and O–H groups in total. The van der Waals surface area contributed by atoms with E-state index in [-0.39, 0.29) is 35.7 Å². The number of carbonyl (C=O) groups is 2. The number of ether oxygens (including phenoxy) is 4. The lowest BCUT2D eigenvalue weighted by molar-refractivity contribution is -0.139. The molecule has 8 heteroatoms. The Morgan fingerprint density at radius 2 is 1.35 bits per heavy atom. The molecule has 0 aliphatic rings. The quantitative estimate of drug-likeness (QED) is 0.139. The highest BCUT2D eigenvalue weighted by atomic mass is 19.1. The topological polar surface area (TPSA) is 71.1 Å². The summed E-state index contributed by atoms with van der Waals surface area (Å²) >= 11 is 0. The van der Waals surface area contributed by atoms with E-state index in [0.29, 0.717) is 28.2 Å². The highest BCUT2D eigenvalue weighted by molar-refractivity contribution is 5.89. The van der Waals surface area contributed by atoms with Crippen LogP contribution in [0, 0.1) is 11.6 Å². The van der Waals surface area contributed by atoms with Gasteiger partial charge in [-0.1, -0.05) is 31.4 Å². The van der Waals surface area contributed by atoms with Gasteiger partial charge in [0.25, 0.3) is 0 Å². The first-order valence-corrected chi connectivity index (χ1v) is 11.2. The van der Waals surface area contributed by atoms with Gasteiger partial charge in [0.05, 0.1) is 7.11 Å². The summed E-state index contributed by atoms with van der Waals surface area (Å²) in [6, 6.07) is 13.2. The first-order valence-electron chi connectivity index (χ1n) is 11.2. The Morgan fingerprint density at radius 1 is 0.757 bits per heavy atom. The van der Waals surface area contributed by atoms with Crippen molar-refractivity contribution in [3.63, 3.8) is 0 Å². The van der Waals surface area contributed by atoms with Crippen molar-refractivity contribution >= 4 is 11.9 Å². The van der Waals surface area contributed by atoms with Crippen LogP contribution in [-0.2, 0) is 14.3 Å². The molecule has 0 atom stereocenters. The first-order chi connectivity index (χ1) is 17.6. The maximum Gasteiger partial charge on any atom is 0.338 e. The van der Waals surface area contributed by atoms with Gasteiger partial charge >= 0.3 is 11.9 Å². The molecule has 0 aliphatic carbocycles. The van der Waals surface area contributed by atoms with Crippen molar-refractivity contribution in [3.8, 4) is 39.5 Å². The molecule has 192 valence electrons. The lowest BCUT2D eigenvalue weighted by Crippen LogP contribution is -2.12. The van der Waals surface area contributed by atoms with Gasteiger partial charge in [-0.05, 0) is 55.3 Å². The van der Waals surface area contributed by atoms with Gasteiger partial charge in [-0.3, -0.25) is 0 Å². The van der Waals surface area contributed by atoms with Gasteiger partial charge in [0.15, 0.2) is 11.5 Å². The van der Waals surface area contributed by atoms with Crippen molar-refractivity contribution in [1.29, 1.82) is 0 Å². The highest BCUT2D eigenvalue weighted by Crippen LogP contribution is 2.35. The Labute approximate surface area is 213 Å². The Hall–Kier alpha value is -4.46. The minimum absolute atomic E-state index is 0.00494. The third-order valence-electron chi connectivity index (χ3n) is 5.18. The fourth-order valence-corrected chi connectivity index (χ4v) is 3.26. The lowest BCUT2D eigenvalue weighted by atomic mass is 9.99. The van der Waals surface area contributed by atoms with Crippen LogP contribution < -0.4 is 14.2 Å². The van der Waals surface area contributed by atoms with Gasteiger partial charge < -0.3 is 18.9 Å². The molecule has 3 rings (SSSR count). The SMILES string of the molecule is C=C(C)C(=O)OCCOc1ccc(-c2ccc(-c3ccc(OC(=O)C(=C)C)cc3F)c(F)c2)cc1OC. The second-order valence-electron chi connectivity index (χ2n) is 8.14. The minimum atomic E-state index is -0.740. The molecule has 0 radical (unpaired) electrons. The molecule has 0 bridgehead atoms. The van der Waals surface area contributed by atoms with Crippen LogP contribution in [0.4, 0.5) is 8.78 Å². The zero-order valence-electron chi connectivity index (χ0n) is 20.7. The summed E-state index contributed by atoms with van der Waals surface area (Å²) in [5.74, 6) is -1.74. The van der Waals surface area contributed by atoms with Crippen LogP contribution >= 0.6 is 0 Å². The second kappa shape index (κ2) is 12.0. The van der Waals surface area contributed by atoms with Crippen LogP contribution in [0.3, 0.4) is 0 Å². The molecule has 0 heterocycles. The average Bonchev–Trinajstić information content (AvgIpc) is 2.86. The van der Waals surface area contributed by atoms with E-state index in [1.54, 1.807) is 31.2 Å². The Morgan fingerprint density at radius 3 is 1.95 bits per heavy atom.